The van der Waals surface area contributed by atoms with Crippen LogP contribution in [0.2, 0.25) is 0 Å². The quantitative estimate of drug-likeness (QED) is 0.695. The van der Waals surface area contributed by atoms with E-state index >= 15 is 0 Å². The summed E-state index contributed by atoms with van der Waals surface area (Å²) in [6.07, 6.45) is -0.550. The average Bonchev–Trinajstić information content (AvgIpc) is 2.04. The van der Waals surface area contributed by atoms with Crippen LogP contribution in [0, 0.1) is 6.92 Å². The second-order valence-electron chi connectivity index (χ2n) is 3.21. The molecule has 0 spiro atoms. The molecule has 0 amide bonds. The highest BCUT2D eigenvalue weighted by Gasteiger charge is 2.10. The standard InChI is InChI=1S/C10H15NO/c1-7-3-5-9(6-4-7)10(12)8(2)11/h3-6,8,10,12H,11H2,1-2H3/t8-,10+/m0/s1. The van der Waals surface area contributed by atoms with Gasteiger partial charge in [-0.25, -0.2) is 0 Å². The molecule has 0 aliphatic rings. The van der Waals surface area contributed by atoms with Gasteiger partial charge in [0.1, 0.15) is 0 Å². The number of hydrogen-bond donors (Lipinski definition) is 2. The zero-order chi connectivity index (χ0) is 9.14. The minimum Gasteiger partial charge on any atom is -0.387 e. The zero-order valence-electron chi connectivity index (χ0n) is 7.49. The lowest BCUT2D eigenvalue weighted by molar-refractivity contribution is 0.153. The van der Waals surface area contributed by atoms with E-state index in [1.165, 1.54) is 5.56 Å². The Bertz CT molecular complexity index is 241. The number of aliphatic hydroxyl groups excluding tert-OH is 1. The molecule has 0 aliphatic carbocycles. The van der Waals surface area contributed by atoms with Crippen molar-refractivity contribution in [1.82, 2.24) is 0 Å². The predicted molar refractivity (Wildman–Crippen MR) is 49.8 cm³/mol. The van der Waals surface area contributed by atoms with E-state index in [0.717, 1.165) is 5.56 Å². The molecule has 0 radical (unpaired) electrons. The van der Waals surface area contributed by atoms with E-state index in [1.54, 1.807) is 6.92 Å². The molecule has 1 rings (SSSR count). The molecule has 0 saturated heterocycles. The van der Waals surface area contributed by atoms with Crippen LogP contribution in [-0.4, -0.2) is 11.1 Å². The fourth-order valence-electron chi connectivity index (χ4n) is 1.07. The van der Waals surface area contributed by atoms with E-state index < -0.39 is 6.10 Å². The third kappa shape index (κ3) is 2.06. The summed E-state index contributed by atoms with van der Waals surface area (Å²) in [5.41, 5.74) is 7.63. The van der Waals surface area contributed by atoms with Crippen LogP contribution < -0.4 is 5.73 Å². The smallest absolute Gasteiger partial charge is 0.0938 e. The number of aliphatic hydroxyl groups is 1. The molecule has 0 fully saturated rings. The Labute approximate surface area is 73.0 Å². The van der Waals surface area contributed by atoms with Crippen molar-refractivity contribution in [1.29, 1.82) is 0 Å². The Morgan fingerprint density at radius 2 is 1.75 bits per heavy atom. The first-order valence-electron chi connectivity index (χ1n) is 4.11. The molecule has 2 atom stereocenters. The summed E-state index contributed by atoms with van der Waals surface area (Å²) in [5.74, 6) is 0. The van der Waals surface area contributed by atoms with Gasteiger partial charge in [0.25, 0.3) is 0 Å². The predicted octanol–water partition coefficient (Wildman–Crippen LogP) is 1.38. The molecule has 0 heterocycles. The number of aryl methyl sites for hydroxylation is 1. The fraction of sp³-hybridized carbons (Fsp3) is 0.400. The van der Waals surface area contributed by atoms with Gasteiger partial charge in [-0.15, -0.1) is 0 Å². The van der Waals surface area contributed by atoms with Crippen LogP contribution in [0.3, 0.4) is 0 Å². The molecule has 2 heteroatoms. The highest BCUT2D eigenvalue weighted by atomic mass is 16.3. The van der Waals surface area contributed by atoms with Gasteiger partial charge in [0, 0.05) is 6.04 Å². The summed E-state index contributed by atoms with van der Waals surface area (Å²) in [6.45, 7) is 3.81. The maximum absolute atomic E-state index is 9.56. The topological polar surface area (TPSA) is 46.2 Å². The Morgan fingerprint density at radius 1 is 1.25 bits per heavy atom. The third-order valence-electron chi connectivity index (χ3n) is 1.92. The molecule has 0 saturated carbocycles. The van der Waals surface area contributed by atoms with Crippen molar-refractivity contribution < 1.29 is 5.11 Å². The summed E-state index contributed by atoms with van der Waals surface area (Å²) >= 11 is 0. The van der Waals surface area contributed by atoms with Crippen molar-refractivity contribution >= 4 is 0 Å². The number of hydrogen-bond acceptors (Lipinski definition) is 2. The van der Waals surface area contributed by atoms with Crippen molar-refractivity contribution in [3.05, 3.63) is 35.4 Å². The maximum Gasteiger partial charge on any atom is 0.0938 e. The first-order chi connectivity index (χ1) is 5.61. The SMILES string of the molecule is Cc1ccc([C@H](O)[C@H](C)N)cc1. The van der Waals surface area contributed by atoms with Gasteiger partial charge in [-0.3, -0.25) is 0 Å². The summed E-state index contributed by atoms with van der Waals surface area (Å²) in [7, 11) is 0. The largest absolute Gasteiger partial charge is 0.387 e. The van der Waals surface area contributed by atoms with E-state index in [4.69, 9.17) is 5.73 Å². The minimum atomic E-state index is -0.550. The van der Waals surface area contributed by atoms with Crippen LogP contribution >= 0.6 is 0 Å². The van der Waals surface area contributed by atoms with Gasteiger partial charge in [-0.1, -0.05) is 29.8 Å². The second-order valence-corrected chi connectivity index (χ2v) is 3.21. The lowest BCUT2D eigenvalue weighted by Crippen LogP contribution is -2.24. The molecule has 3 N–H and O–H groups in total. The lowest BCUT2D eigenvalue weighted by Gasteiger charge is -2.14. The van der Waals surface area contributed by atoms with Crippen molar-refractivity contribution in [2.45, 2.75) is 26.0 Å². The molecule has 0 bridgehead atoms. The normalized spacial score (nSPS) is 15.7. The van der Waals surface area contributed by atoms with Crippen molar-refractivity contribution in [3.63, 3.8) is 0 Å². The van der Waals surface area contributed by atoms with E-state index in [-0.39, 0.29) is 6.04 Å². The first kappa shape index (κ1) is 9.23. The van der Waals surface area contributed by atoms with Crippen molar-refractivity contribution in [3.8, 4) is 0 Å². The van der Waals surface area contributed by atoms with Gasteiger partial charge in [-0.05, 0) is 19.4 Å². The van der Waals surface area contributed by atoms with E-state index in [0.29, 0.717) is 0 Å². The molecular formula is C10H15NO. The van der Waals surface area contributed by atoms with Gasteiger partial charge >= 0.3 is 0 Å². The number of nitrogens with two attached hydrogens (primary N) is 1. The van der Waals surface area contributed by atoms with Crippen molar-refractivity contribution in [2.75, 3.05) is 0 Å². The Kier molecular flexibility index (Phi) is 2.84. The molecule has 1 aromatic carbocycles. The monoisotopic (exact) mass is 165 g/mol. The second kappa shape index (κ2) is 3.70. The molecule has 0 unspecified atom stereocenters. The number of benzene rings is 1. The van der Waals surface area contributed by atoms with Crippen LogP contribution in [0.4, 0.5) is 0 Å². The highest BCUT2D eigenvalue weighted by molar-refractivity contribution is 5.23. The Morgan fingerprint density at radius 3 is 2.17 bits per heavy atom. The first-order valence-corrected chi connectivity index (χ1v) is 4.11. The van der Waals surface area contributed by atoms with E-state index in [2.05, 4.69) is 0 Å². The van der Waals surface area contributed by atoms with E-state index in [1.807, 2.05) is 31.2 Å². The van der Waals surface area contributed by atoms with Crippen LogP contribution in [0.25, 0.3) is 0 Å². The Hall–Kier alpha value is -0.860. The van der Waals surface area contributed by atoms with Crippen molar-refractivity contribution in [2.24, 2.45) is 5.73 Å². The van der Waals surface area contributed by atoms with Crippen LogP contribution in [0.15, 0.2) is 24.3 Å². The molecule has 1 aromatic rings. The number of rotatable bonds is 2. The minimum absolute atomic E-state index is 0.215. The molecule has 2 nitrogen and oxygen atoms in total. The van der Waals surface area contributed by atoms with E-state index in [9.17, 15) is 5.11 Å². The fourth-order valence-corrected chi connectivity index (χ4v) is 1.07. The van der Waals surface area contributed by atoms with Gasteiger partial charge in [0.05, 0.1) is 6.10 Å². The zero-order valence-corrected chi connectivity index (χ0v) is 7.49. The molecule has 0 aromatic heterocycles. The van der Waals surface area contributed by atoms with Gasteiger partial charge in [-0.2, -0.15) is 0 Å². The third-order valence-corrected chi connectivity index (χ3v) is 1.92. The summed E-state index contributed by atoms with van der Waals surface area (Å²) in [6, 6.07) is 7.54. The Balaban J connectivity index is 2.82. The lowest BCUT2D eigenvalue weighted by atomic mass is 10.0. The van der Waals surface area contributed by atoms with Crippen LogP contribution in [-0.2, 0) is 0 Å². The van der Waals surface area contributed by atoms with Crippen LogP contribution in [0.5, 0.6) is 0 Å². The molecule has 66 valence electrons. The molecule has 12 heavy (non-hydrogen) atoms. The maximum atomic E-state index is 9.56. The highest BCUT2D eigenvalue weighted by Crippen LogP contribution is 2.15. The van der Waals surface area contributed by atoms with Crippen LogP contribution in [0.1, 0.15) is 24.2 Å². The summed E-state index contributed by atoms with van der Waals surface area (Å²) in [5, 5.41) is 9.56. The van der Waals surface area contributed by atoms with Gasteiger partial charge in [0.15, 0.2) is 0 Å². The summed E-state index contributed by atoms with van der Waals surface area (Å²) in [4.78, 5) is 0. The summed E-state index contributed by atoms with van der Waals surface area (Å²) < 4.78 is 0. The van der Waals surface area contributed by atoms with Gasteiger partial charge in [0.2, 0.25) is 0 Å². The molecule has 0 aliphatic heterocycles. The van der Waals surface area contributed by atoms with Gasteiger partial charge < -0.3 is 10.8 Å². The molecular weight excluding hydrogens is 150 g/mol. The average molecular weight is 165 g/mol.